The van der Waals surface area contributed by atoms with E-state index < -0.39 is 0 Å². The lowest BCUT2D eigenvalue weighted by Crippen LogP contribution is -2.43. The zero-order valence-electron chi connectivity index (χ0n) is 11.2. The van der Waals surface area contributed by atoms with Crippen molar-refractivity contribution in [2.75, 3.05) is 0 Å². The maximum Gasteiger partial charge on any atom is 0.285 e. The van der Waals surface area contributed by atoms with Crippen molar-refractivity contribution in [3.05, 3.63) is 40.3 Å². The highest BCUT2D eigenvalue weighted by Gasteiger charge is 2.32. The number of rotatable bonds is 3. The van der Waals surface area contributed by atoms with Gasteiger partial charge in [-0.15, -0.1) is 0 Å². The van der Waals surface area contributed by atoms with Gasteiger partial charge >= 0.3 is 0 Å². The molecule has 1 aliphatic heterocycles. The third-order valence-corrected chi connectivity index (χ3v) is 4.05. The van der Waals surface area contributed by atoms with E-state index in [1.165, 1.54) is 24.2 Å². The van der Waals surface area contributed by atoms with Gasteiger partial charge in [0.2, 0.25) is 5.91 Å². The van der Waals surface area contributed by atoms with Gasteiger partial charge < -0.3 is 0 Å². The summed E-state index contributed by atoms with van der Waals surface area (Å²) >= 11 is 6.26. The second-order valence-corrected chi connectivity index (χ2v) is 5.96. The summed E-state index contributed by atoms with van der Waals surface area (Å²) in [4.78, 5) is 23.7. The summed E-state index contributed by atoms with van der Waals surface area (Å²) in [5.41, 5.74) is 4.60. The number of nitrogens with zero attached hydrogens (tertiary/aromatic N) is 1. The van der Waals surface area contributed by atoms with Gasteiger partial charge in [-0.1, -0.05) is 43.0 Å². The van der Waals surface area contributed by atoms with Gasteiger partial charge in [0.15, 0.2) is 4.32 Å². The van der Waals surface area contributed by atoms with Crippen LogP contribution >= 0.6 is 24.0 Å². The number of hydrogen-bond acceptors (Lipinski definition) is 4. The van der Waals surface area contributed by atoms with Crippen molar-refractivity contribution in [3.63, 3.8) is 0 Å². The van der Waals surface area contributed by atoms with Crippen LogP contribution < -0.4 is 5.43 Å². The first-order valence-electron chi connectivity index (χ1n) is 6.15. The Kier molecular flexibility index (Phi) is 4.57. The van der Waals surface area contributed by atoms with Gasteiger partial charge in [-0.25, -0.2) is 0 Å². The standard InChI is InChI=1S/C14H14N2O2S2/c1-3-10-4-6-11(7-5-10)8-12-13(18)16(14(19)20-12)15-9(2)17/h4-8H,3H2,1-2H3,(H,15,17)/b12-8-. The molecule has 1 fully saturated rings. The van der Waals surface area contributed by atoms with Crippen LogP contribution in [0.4, 0.5) is 0 Å². The van der Waals surface area contributed by atoms with Crippen LogP contribution in [0.1, 0.15) is 25.0 Å². The fraction of sp³-hybridized carbons (Fsp3) is 0.214. The minimum absolute atomic E-state index is 0.297. The predicted octanol–water partition coefficient (Wildman–Crippen LogP) is 2.50. The molecule has 4 nitrogen and oxygen atoms in total. The van der Waals surface area contributed by atoms with Crippen LogP contribution in [0.25, 0.3) is 6.08 Å². The van der Waals surface area contributed by atoms with E-state index in [1.54, 1.807) is 6.08 Å². The number of carbonyl (C=O) groups excluding carboxylic acids is 2. The molecule has 2 rings (SSSR count). The summed E-state index contributed by atoms with van der Waals surface area (Å²) in [6.45, 7) is 3.43. The lowest BCUT2D eigenvalue weighted by atomic mass is 10.1. The molecule has 1 aliphatic rings. The number of thioether (sulfide) groups is 1. The number of amides is 2. The third kappa shape index (κ3) is 3.26. The van der Waals surface area contributed by atoms with E-state index in [0.717, 1.165) is 17.0 Å². The molecular weight excluding hydrogens is 292 g/mol. The molecule has 0 spiro atoms. The number of carbonyl (C=O) groups is 2. The Balaban J connectivity index is 2.20. The summed E-state index contributed by atoms with van der Waals surface area (Å²) in [5.74, 6) is -0.621. The van der Waals surface area contributed by atoms with Gasteiger partial charge in [0.1, 0.15) is 0 Å². The van der Waals surface area contributed by atoms with Crippen molar-refractivity contribution in [3.8, 4) is 0 Å². The first-order valence-corrected chi connectivity index (χ1v) is 7.38. The Hall–Kier alpha value is -1.66. The zero-order chi connectivity index (χ0) is 14.7. The van der Waals surface area contributed by atoms with Gasteiger partial charge in [0.05, 0.1) is 4.91 Å². The molecule has 0 bridgehead atoms. The van der Waals surface area contributed by atoms with Gasteiger partial charge in [-0.05, 0) is 35.8 Å². The molecule has 1 heterocycles. The third-order valence-electron chi connectivity index (χ3n) is 2.75. The molecule has 2 amide bonds. The highest BCUT2D eigenvalue weighted by molar-refractivity contribution is 8.26. The maximum absolute atomic E-state index is 12.1. The van der Waals surface area contributed by atoms with E-state index in [0.29, 0.717) is 9.23 Å². The Morgan fingerprint density at radius 3 is 2.60 bits per heavy atom. The van der Waals surface area contributed by atoms with Gasteiger partial charge in [0.25, 0.3) is 5.91 Å². The van der Waals surface area contributed by atoms with Crippen LogP contribution in [0, 0.1) is 0 Å². The molecule has 0 radical (unpaired) electrons. The summed E-state index contributed by atoms with van der Waals surface area (Å²) in [5, 5.41) is 1.11. The molecule has 1 aromatic carbocycles. The quantitative estimate of drug-likeness (QED) is 0.688. The summed E-state index contributed by atoms with van der Waals surface area (Å²) in [7, 11) is 0. The van der Waals surface area contributed by atoms with Crippen molar-refractivity contribution in [1.82, 2.24) is 10.4 Å². The Morgan fingerprint density at radius 1 is 1.40 bits per heavy atom. The minimum atomic E-state index is -0.324. The molecule has 0 unspecified atom stereocenters. The number of hydrogen-bond donors (Lipinski definition) is 1. The zero-order valence-corrected chi connectivity index (χ0v) is 12.8. The van der Waals surface area contributed by atoms with Crippen LogP contribution in [0.5, 0.6) is 0 Å². The molecule has 1 saturated heterocycles. The smallest absolute Gasteiger partial charge is 0.274 e. The number of hydrazine groups is 1. The summed E-state index contributed by atoms with van der Waals surface area (Å²) in [6, 6.07) is 7.98. The SMILES string of the molecule is CCc1ccc(/C=C2\SC(=S)N(NC(C)=O)C2=O)cc1. The van der Waals surface area contributed by atoms with Crippen molar-refractivity contribution < 1.29 is 9.59 Å². The van der Waals surface area contributed by atoms with Crippen LogP contribution in [0.15, 0.2) is 29.2 Å². The Morgan fingerprint density at radius 2 is 2.05 bits per heavy atom. The van der Waals surface area contributed by atoms with Crippen LogP contribution in [-0.4, -0.2) is 21.1 Å². The van der Waals surface area contributed by atoms with E-state index >= 15 is 0 Å². The molecular formula is C14H14N2O2S2. The average Bonchev–Trinajstić information content (AvgIpc) is 2.67. The van der Waals surface area contributed by atoms with Crippen molar-refractivity contribution in [2.24, 2.45) is 0 Å². The molecule has 0 aromatic heterocycles. The molecule has 1 N–H and O–H groups in total. The normalized spacial score (nSPS) is 16.9. The topological polar surface area (TPSA) is 49.4 Å². The maximum atomic E-state index is 12.1. The van der Waals surface area contributed by atoms with E-state index in [1.807, 2.05) is 24.3 Å². The fourth-order valence-corrected chi connectivity index (χ4v) is 2.90. The van der Waals surface area contributed by atoms with E-state index in [2.05, 4.69) is 12.3 Å². The van der Waals surface area contributed by atoms with E-state index in [9.17, 15) is 9.59 Å². The number of thiocarbonyl (C=S) groups is 1. The number of aryl methyl sites for hydroxylation is 1. The van der Waals surface area contributed by atoms with Crippen molar-refractivity contribution in [2.45, 2.75) is 20.3 Å². The van der Waals surface area contributed by atoms with Gasteiger partial charge in [-0.2, -0.15) is 5.01 Å². The molecule has 6 heteroatoms. The lowest BCUT2D eigenvalue weighted by molar-refractivity contribution is -0.131. The number of benzene rings is 1. The molecule has 0 atom stereocenters. The van der Waals surface area contributed by atoms with Crippen LogP contribution in [0.2, 0.25) is 0 Å². The van der Waals surface area contributed by atoms with E-state index in [-0.39, 0.29) is 11.8 Å². The first-order chi connectivity index (χ1) is 9.51. The monoisotopic (exact) mass is 306 g/mol. The van der Waals surface area contributed by atoms with Crippen LogP contribution in [0.3, 0.4) is 0 Å². The lowest BCUT2D eigenvalue weighted by Gasteiger charge is -2.13. The number of nitrogens with one attached hydrogen (secondary N) is 1. The first kappa shape index (κ1) is 14.7. The minimum Gasteiger partial charge on any atom is -0.274 e. The fourth-order valence-electron chi connectivity index (χ4n) is 1.72. The second kappa shape index (κ2) is 6.19. The molecule has 0 aliphatic carbocycles. The molecule has 20 heavy (non-hydrogen) atoms. The summed E-state index contributed by atoms with van der Waals surface area (Å²) in [6.07, 6.45) is 2.76. The molecule has 0 saturated carbocycles. The molecule has 1 aromatic rings. The average molecular weight is 306 g/mol. The van der Waals surface area contributed by atoms with Gasteiger partial charge in [-0.3, -0.25) is 15.0 Å². The van der Waals surface area contributed by atoms with E-state index in [4.69, 9.17) is 12.2 Å². The highest BCUT2D eigenvalue weighted by atomic mass is 32.2. The summed E-state index contributed by atoms with van der Waals surface area (Å²) < 4.78 is 0.335. The second-order valence-electron chi connectivity index (χ2n) is 4.28. The highest BCUT2D eigenvalue weighted by Crippen LogP contribution is 2.31. The van der Waals surface area contributed by atoms with Crippen LogP contribution in [-0.2, 0) is 16.0 Å². The predicted molar refractivity (Wildman–Crippen MR) is 84.6 cm³/mol. The Labute approximate surface area is 127 Å². The largest absolute Gasteiger partial charge is 0.285 e. The van der Waals surface area contributed by atoms with Crippen molar-refractivity contribution in [1.29, 1.82) is 0 Å². The Bertz CT molecular complexity index is 594. The van der Waals surface area contributed by atoms with Crippen molar-refractivity contribution >= 4 is 46.2 Å². The van der Waals surface area contributed by atoms with Gasteiger partial charge in [0, 0.05) is 6.92 Å². The molecule has 104 valence electrons.